The van der Waals surface area contributed by atoms with Gasteiger partial charge in [0.05, 0.1) is 23.0 Å². The van der Waals surface area contributed by atoms with Gasteiger partial charge in [-0.3, -0.25) is 20.4 Å². The number of carbonyl (C=O) groups is 2. The Morgan fingerprint density at radius 2 is 1.61 bits per heavy atom. The van der Waals surface area contributed by atoms with Crippen LogP contribution in [0.1, 0.15) is 26.5 Å². The summed E-state index contributed by atoms with van der Waals surface area (Å²) >= 11 is 0. The van der Waals surface area contributed by atoms with Crippen LogP contribution in [0.2, 0.25) is 0 Å². The zero-order chi connectivity index (χ0) is 20.1. The highest BCUT2D eigenvalue weighted by molar-refractivity contribution is 6.02. The molecule has 0 aliphatic rings. The van der Waals surface area contributed by atoms with Gasteiger partial charge in [-0.2, -0.15) is 13.2 Å². The molecular weight excluding hydrogens is 377 g/mol. The number of alkyl halides is 3. The molecule has 0 fully saturated rings. The first kappa shape index (κ1) is 19.0. The number of amides is 2. The van der Waals surface area contributed by atoms with Gasteiger partial charge in [0.2, 0.25) is 5.76 Å². The second-order valence-corrected chi connectivity index (χ2v) is 5.52. The number of nitrogens with zero attached hydrogens (tertiary/aromatic N) is 1. The van der Waals surface area contributed by atoms with Gasteiger partial charge in [-0.05, 0) is 36.4 Å². The van der Waals surface area contributed by atoms with Gasteiger partial charge < -0.3 is 9.73 Å². The molecule has 0 spiro atoms. The SMILES string of the molecule is O=C(NNC(=O)c1ccccc1Nc1ccc(C(F)(F)F)cc1)c1cnco1. The average molecular weight is 390 g/mol. The van der Waals surface area contributed by atoms with Crippen molar-refractivity contribution in [2.24, 2.45) is 0 Å². The van der Waals surface area contributed by atoms with Crippen LogP contribution in [0.15, 0.2) is 65.5 Å². The van der Waals surface area contributed by atoms with Gasteiger partial charge in [0.15, 0.2) is 6.39 Å². The summed E-state index contributed by atoms with van der Waals surface area (Å²) in [7, 11) is 0. The van der Waals surface area contributed by atoms with Crippen molar-refractivity contribution >= 4 is 23.2 Å². The maximum Gasteiger partial charge on any atom is 0.416 e. The minimum absolute atomic E-state index is 0.0866. The molecule has 0 aliphatic carbocycles. The fourth-order valence-electron chi connectivity index (χ4n) is 2.26. The van der Waals surface area contributed by atoms with Crippen molar-refractivity contribution in [2.75, 3.05) is 5.32 Å². The van der Waals surface area contributed by atoms with Crippen LogP contribution < -0.4 is 16.2 Å². The van der Waals surface area contributed by atoms with Crippen molar-refractivity contribution in [2.45, 2.75) is 6.18 Å². The van der Waals surface area contributed by atoms with Crippen LogP contribution >= 0.6 is 0 Å². The molecule has 1 heterocycles. The molecule has 0 unspecified atom stereocenters. The Morgan fingerprint density at radius 1 is 0.929 bits per heavy atom. The molecule has 1 aromatic heterocycles. The van der Waals surface area contributed by atoms with Crippen molar-refractivity contribution in [1.29, 1.82) is 0 Å². The van der Waals surface area contributed by atoms with Gasteiger partial charge in [0.25, 0.3) is 5.91 Å². The maximum absolute atomic E-state index is 12.6. The molecule has 3 aromatic rings. The predicted molar refractivity (Wildman–Crippen MR) is 92.6 cm³/mol. The molecule has 0 saturated carbocycles. The van der Waals surface area contributed by atoms with Crippen molar-refractivity contribution in [1.82, 2.24) is 15.8 Å². The lowest BCUT2D eigenvalue weighted by Crippen LogP contribution is -2.41. The van der Waals surface area contributed by atoms with Gasteiger partial charge in [-0.15, -0.1) is 0 Å². The van der Waals surface area contributed by atoms with E-state index in [1.54, 1.807) is 18.2 Å². The molecule has 2 aromatic carbocycles. The summed E-state index contributed by atoms with van der Waals surface area (Å²) in [5.74, 6) is -1.42. The van der Waals surface area contributed by atoms with E-state index >= 15 is 0 Å². The molecule has 0 aliphatic heterocycles. The highest BCUT2D eigenvalue weighted by Gasteiger charge is 2.30. The van der Waals surface area contributed by atoms with E-state index < -0.39 is 23.6 Å². The first-order valence-corrected chi connectivity index (χ1v) is 7.87. The second-order valence-electron chi connectivity index (χ2n) is 5.52. The lowest BCUT2D eigenvalue weighted by Gasteiger charge is -2.13. The number of benzene rings is 2. The van der Waals surface area contributed by atoms with Gasteiger partial charge >= 0.3 is 12.1 Å². The Kier molecular flexibility index (Phi) is 5.30. The highest BCUT2D eigenvalue weighted by Crippen LogP contribution is 2.30. The lowest BCUT2D eigenvalue weighted by atomic mass is 10.1. The molecule has 144 valence electrons. The van der Waals surface area contributed by atoms with E-state index in [2.05, 4.69) is 21.2 Å². The largest absolute Gasteiger partial charge is 0.438 e. The first-order valence-electron chi connectivity index (χ1n) is 7.87. The van der Waals surface area contributed by atoms with E-state index in [0.717, 1.165) is 18.5 Å². The summed E-state index contributed by atoms with van der Waals surface area (Å²) in [4.78, 5) is 27.7. The smallest absolute Gasteiger partial charge is 0.416 e. The molecule has 3 N–H and O–H groups in total. The Labute approximate surface area is 156 Å². The van der Waals surface area contributed by atoms with Crippen LogP contribution in [0.4, 0.5) is 24.5 Å². The van der Waals surface area contributed by atoms with Gasteiger partial charge in [0.1, 0.15) is 0 Å². The molecule has 0 bridgehead atoms. The third-order valence-corrected chi connectivity index (χ3v) is 3.61. The number of hydrogen-bond acceptors (Lipinski definition) is 5. The Balaban J connectivity index is 1.70. The molecule has 3 rings (SSSR count). The van der Waals surface area contributed by atoms with Crippen LogP contribution in [0, 0.1) is 0 Å². The Hall–Kier alpha value is -3.82. The number of rotatable bonds is 4. The third kappa shape index (κ3) is 4.47. The number of para-hydroxylation sites is 1. The standard InChI is InChI=1S/C18H13F3N4O3/c19-18(20,21)11-5-7-12(8-6-11)23-14-4-2-1-3-13(14)16(26)24-25-17(27)15-9-22-10-28-15/h1-10,23H,(H,24,26)(H,25,27). The Bertz CT molecular complexity index is 970. The summed E-state index contributed by atoms with van der Waals surface area (Å²) in [5.41, 5.74) is 4.49. The molecular formula is C18H13F3N4O3. The molecule has 7 nitrogen and oxygen atoms in total. The third-order valence-electron chi connectivity index (χ3n) is 3.61. The summed E-state index contributed by atoms with van der Waals surface area (Å²) in [6.07, 6.45) is -2.18. The number of hydrazine groups is 1. The van der Waals surface area contributed by atoms with E-state index in [4.69, 9.17) is 4.42 Å². The van der Waals surface area contributed by atoms with Crippen molar-refractivity contribution in [3.63, 3.8) is 0 Å². The fourth-order valence-corrected chi connectivity index (χ4v) is 2.26. The molecule has 0 radical (unpaired) electrons. The molecule has 28 heavy (non-hydrogen) atoms. The zero-order valence-corrected chi connectivity index (χ0v) is 14.1. The lowest BCUT2D eigenvalue weighted by molar-refractivity contribution is -0.137. The van der Waals surface area contributed by atoms with Crippen LogP contribution in [0.3, 0.4) is 0 Å². The fraction of sp³-hybridized carbons (Fsp3) is 0.0556. The van der Waals surface area contributed by atoms with Crippen molar-refractivity contribution in [3.05, 3.63) is 78.0 Å². The topological polar surface area (TPSA) is 96.3 Å². The zero-order valence-electron chi connectivity index (χ0n) is 14.1. The number of oxazole rings is 1. The normalized spacial score (nSPS) is 11.0. The molecule has 2 amide bonds. The van der Waals surface area contributed by atoms with E-state index in [1.165, 1.54) is 24.4 Å². The predicted octanol–water partition coefficient (Wildman–Crippen LogP) is 3.51. The highest BCUT2D eigenvalue weighted by atomic mass is 19.4. The average Bonchev–Trinajstić information content (AvgIpc) is 3.21. The molecule has 0 saturated heterocycles. The number of halogens is 3. The van der Waals surface area contributed by atoms with Gasteiger partial charge in [0, 0.05) is 5.69 Å². The minimum Gasteiger partial charge on any atom is -0.438 e. The van der Waals surface area contributed by atoms with Crippen molar-refractivity contribution < 1.29 is 27.2 Å². The van der Waals surface area contributed by atoms with Crippen LogP contribution in [-0.2, 0) is 6.18 Å². The molecule has 10 heteroatoms. The van der Waals surface area contributed by atoms with Gasteiger partial charge in [-0.1, -0.05) is 12.1 Å². The maximum atomic E-state index is 12.6. The summed E-state index contributed by atoms with van der Waals surface area (Å²) in [5, 5.41) is 2.88. The number of aromatic nitrogens is 1. The second kappa shape index (κ2) is 7.82. The van der Waals surface area contributed by atoms with E-state index in [1.807, 2.05) is 0 Å². The number of nitrogens with one attached hydrogen (secondary N) is 3. The molecule has 0 atom stereocenters. The van der Waals surface area contributed by atoms with Crippen LogP contribution in [-0.4, -0.2) is 16.8 Å². The van der Waals surface area contributed by atoms with E-state index in [9.17, 15) is 22.8 Å². The van der Waals surface area contributed by atoms with Crippen molar-refractivity contribution in [3.8, 4) is 0 Å². The first-order chi connectivity index (χ1) is 13.3. The van der Waals surface area contributed by atoms with E-state index in [-0.39, 0.29) is 11.3 Å². The minimum atomic E-state index is -4.43. The van der Waals surface area contributed by atoms with Crippen LogP contribution in [0.25, 0.3) is 0 Å². The number of anilines is 2. The summed E-state index contributed by atoms with van der Waals surface area (Å²) in [6.45, 7) is 0. The monoisotopic (exact) mass is 390 g/mol. The quantitative estimate of drug-likeness (QED) is 0.593. The Morgan fingerprint density at radius 3 is 2.25 bits per heavy atom. The number of hydrogen-bond donors (Lipinski definition) is 3. The van der Waals surface area contributed by atoms with E-state index in [0.29, 0.717) is 11.4 Å². The summed E-state index contributed by atoms with van der Waals surface area (Å²) in [6, 6.07) is 10.7. The summed E-state index contributed by atoms with van der Waals surface area (Å²) < 4.78 is 42.8. The number of carbonyl (C=O) groups excluding carboxylic acids is 2. The van der Waals surface area contributed by atoms with Gasteiger partial charge in [-0.25, -0.2) is 4.98 Å². The van der Waals surface area contributed by atoms with Crippen LogP contribution in [0.5, 0.6) is 0 Å².